The fourth-order valence-electron chi connectivity index (χ4n) is 1.72. The summed E-state index contributed by atoms with van der Waals surface area (Å²) < 4.78 is 18.8. The number of ether oxygens (including phenoxy) is 1. The molecule has 0 saturated carbocycles. The lowest BCUT2D eigenvalue weighted by molar-refractivity contribution is 0.442. The minimum absolute atomic E-state index is 0.128. The molecule has 0 radical (unpaired) electrons. The smallest absolute Gasteiger partial charge is 0.165 e. The molecule has 0 heterocycles. The van der Waals surface area contributed by atoms with Crippen LogP contribution in [0.4, 0.5) is 4.39 Å². The number of nitrogens with two attached hydrogens (primary N) is 1. The maximum atomic E-state index is 13.4. The van der Waals surface area contributed by atoms with Gasteiger partial charge in [-0.2, -0.15) is 0 Å². The Morgan fingerprint density at radius 2 is 1.78 bits per heavy atom. The zero-order valence-corrected chi connectivity index (χ0v) is 10.3. The largest absolute Gasteiger partial charge is 0.454 e. The normalized spacial score (nSPS) is 12.2. The summed E-state index contributed by atoms with van der Waals surface area (Å²) in [6.07, 6.45) is 0.819. The van der Waals surface area contributed by atoms with Crippen molar-refractivity contribution < 1.29 is 9.13 Å². The van der Waals surface area contributed by atoms with Gasteiger partial charge in [-0.25, -0.2) is 4.39 Å². The Labute approximate surface area is 106 Å². The Hall–Kier alpha value is -1.87. The molecule has 1 unspecified atom stereocenters. The quantitative estimate of drug-likeness (QED) is 0.894. The van der Waals surface area contributed by atoms with Crippen LogP contribution in [-0.4, -0.2) is 6.04 Å². The second kappa shape index (κ2) is 5.65. The highest BCUT2D eigenvalue weighted by atomic mass is 19.1. The van der Waals surface area contributed by atoms with Crippen LogP contribution in [-0.2, 0) is 6.42 Å². The fourth-order valence-corrected chi connectivity index (χ4v) is 1.72. The maximum Gasteiger partial charge on any atom is 0.165 e. The summed E-state index contributed by atoms with van der Waals surface area (Å²) in [7, 11) is 0. The fraction of sp³-hybridized carbons (Fsp3) is 0.200. The first-order chi connectivity index (χ1) is 8.65. The van der Waals surface area contributed by atoms with Crippen LogP contribution in [0.2, 0.25) is 0 Å². The highest BCUT2D eigenvalue weighted by Gasteiger charge is 2.03. The molecule has 94 valence electrons. The van der Waals surface area contributed by atoms with E-state index in [1.807, 2.05) is 31.2 Å². The van der Waals surface area contributed by atoms with Crippen LogP contribution in [0.5, 0.6) is 11.5 Å². The first kappa shape index (κ1) is 12.6. The molecule has 0 aliphatic carbocycles. The monoisotopic (exact) mass is 245 g/mol. The zero-order valence-electron chi connectivity index (χ0n) is 10.3. The summed E-state index contributed by atoms with van der Waals surface area (Å²) in [6.45, 7) is 1.96. The van der Waals surface area contributed by atoms with Gasteiger partial charge in [-0.05, 0) is 43.2 Å². The highest BCUT2D eigenvalue weighted by Crippen LogP contribution is 2.24. The van der Waals surface area contributed by atoms with Crippen molar-refractivity contribution in [2.24, 2.45) is 5.73 Å². The molecule has 0 fully saturated rings. The first-order valence-corrected chi connectivity index (χ1v) is 5.92. The van der Waals surface area contributed by atoms with Crippen LogP contribution in [0.15, 0.2) is 48.5 Å². The van der Waals surface area contributed by atoms with Gasteiger partial charge in [-0.1, -0.05) is 24.3 Å². The molecule has 0 aliphatic rings. The lowest BCUT2D eigenvalue weighted by atomic mass is 10.1. The number of hydrogen-bond acceptors (Lipinski definition) is 2. The van der Waals surface area contributed by atoms with Gasteiger partial charge in [0.2, 0.25) is 0 Å². The number of benzene rings is 2. The van der Waals surface area contributed by atoms with Crippen molar-refractivity contribution in [3.05, 3.63) is 59.9 Å². The lowest BCUT2D eigenvalue weighted by Gasteiger charge is -2.08. The van der Waals surface area contributed by atoms with Gasteiger partial charge >= 0.3 is 0 Å². The molecular weight excluding hydrogens is 229 g/mol. The van der Waals surface area contributed by atoms with E-state index in [1.165, 1.54) is 6.07 Å². The molecule has 2 rings (SSSR count). The van der Waals surface area contributed by atoms with Crippen LogP contribution in [0.1, 0.15) is 12.5 Å². The SMILES string of the molecule is CC(N)Cc1ccc(Oc2ccccc2F)cc1. The number of para-hydroxylation sites is 1. The molecule has 2 aromatic carbocycles. The summed E-state index contributed by atoms with van der Waals surface area (Å²) in [6, 6.07) is 14.0. The Bertz CT molecular complexity index is 508. The van der Waals surface area contributed by atoms with Gasteiger partial charge in [-0.15, -0.1) is 0 Å². The molecular formula is C15H16FNO. The molecule has 18 heavy (non-hydrogen) atoms. The molecule has 0 saturated heterocycles. The molecule has 0 bridgehead atoms. The van der Waals surface area contributed by atoms with E-state index in [4.69, 9.17) is 10.5 Å². The van der Waals surface area contributed by atoms with Crippen LogP contribution < -0.4 is 10.5 Å². The zero-order chi connectivity index (χ0) is 13.0. The van der Waals surface area contributed by atoms with E-state index in [0.717, 1.165) is 12.0 Å². The molecule has 2 aromatic rings. The van der Waals surface area contributed by atoms with E-state index in [1.54, 1.807) is 18.2 Å². The number of hydrogen-bond donors (Lipinski definition) is 1. The van der Waals surface area contributed by atoms with E-state index >= 15 is 0 Å². The Kier molecular flexibility index (Phi) is 3.95. The van der Waals surface area contributed by atoms with Crippen molar-refractivity contribution in [3.63, 3.8) is 0 Å². The average Bonchev–Trinajstić information content (AvgIpc) is 2.34. The summed E-state index contributed by atoms with van der Waals surface area (Å²) >= 11 is 0. The topological polar surface area (TPSA) is 35.2 Å². The second-order valence-corrected chi connectivity index (χ2v) is 4.36. The Morgan fingerprint density at radius 3 is 2.39 bits per heavy atom. The summed E-state index contributed by atoms with van der Waals surface area (Å²) in [5.41, 5.74) is 6.87. The van der Waals surface area contributed by atoms with Crippen molar-refractivity contribution in [1.29, 1.82) is 0 Å². The molecule has 3 heteroatoms. The minimum Gasteiger partial charge on any atom is -0.454 e. The average molecular weight is 245 g/mol. The van der Waals surface area contributed by atoms with Crippen molar-refractivity contribution in [3.8, 4) is 11.5 Å². The van der Waals surface area contributed by atoms with E-state index < -0.39 is 0 Å². The van der Waals surface area contributed by atoms with Crippen molar-refractivity contribution in [2.75, 3.05) is 0 Å². The molecule has 0 aromatic heterocycles. The molecule has 0 aliphatic heterocycles. The lowest BCUT2D eigenvalue weighted by Crippen LogP contribution is -2.17. The van der Waals surface area contributed by atoms with E-state index in [0.29, 0.717) is 5.75 Å². The molecule has 2 N–H and O–H groups in total. The summed E-state index contributed by atoms with van der Waals surface area (Å²) in [4.78, 5) is 0. The van der Waals surface area contributed by atoms with Gasteiger partial charge in [0.05, 0.1) is 0 Å². The van der Waals surface area contributed by atoms with Crippen LogP contribution in [0, 0.1) is 5.82 Å². The van der Waals surface area contributed by atoms with Crippen molar-refractivity contribution >= 4 is 0 Å². The van der Waals surface area contributed by atoms with Crippen LogP contribution in [0.3, 0.4) is 0 Å². The predicted octanol–water partition coefficient (Wildman–Crippen LogP) is 3.51. The molecule has 0 spiro atoms. The Balaban J connectivity index is 2.09. The Morgan fingerprint density at radius 1 is 1.11 bits per heavy atom. The van der Waals surface area contributed by atoms with Gasteiger partial charge in [0.15, 0.2) is 11.6 Å². The van der Waals surface area contributed by atoms with Gasteiger partial charge < -0.3 is 10.5 Å². The van der Waals surface area contributed by atoms with E-state index in [2.05, 4.69) is 0 Å². The number of halogens is 1. The van der Waals surface area contributed by atoms with E-state index in [-0.39, 0.29) is 17.6 Å². The van der Waals surface area contributed by atoms with E-state index in [9.17, 15) is 4.39 Å². The molecule has 1 atom stereocenters. The second-order valence-electron chi connectivity index (χ2n) is 4.36. The molecule has 2 nitrogen and oxygen atoms in total. The highest BCUT2D eigenvalue weighted by molar-refractivity contribution is 5.33. The third kappa shape index (κ3) is 3.31. The number of rotatable bonds is 4. The maximum absolute atomic E-state index is 13.4. The van der Waals surface area contributed by atoms with Gasteiger partial charge in [0.1, 0.15) is 5.75 Å². The first-order valence-electron chi connectivity index (χ1n) is 5.92. The summed E-state index contributed by atoms with van der Waals surface area (Å²) in [5.74, 6) is 0.489. The van der Waals surface area contributed by atoms with Crippen LogP contribution >= 0.6 is 0 Å². The third-order valence-corrected chi connectivity index (χ3v) is 2.55. The summed E-state index contributed by atoms with van der Waals surface area (Å²) in [5, 5.41) is 0. The van der Waals surface area contributed by atoms with Crippen molar-refractivity contribution in [1.82, 2.24) is 0 Å². The standard InChI is InChI=1S/C15H16FNO/c1-11(17)10-12-6-8-13(9-7-12)18-15-5-3-2-4-14(15)16/h2-9,11H,10,17H2,1H3. The minimum atomic E-state index is -0.364. The molecule has 0 amide bonds. The van der Waals surface area contributed by atoms with Crippen molar-refractivity contribution in [2.45, 2.75) is 19.4 Å². The van der Waals surface area contributed by atoms with Gasteiger partial charge in [0, 0.05) is 6.04 Å². The third-order valence-electron chi connectivity index (χ3n) is 2.55. The predicted molar refractivity (Wildman–Crippen MR) is 70.3 cm³/mol. The van der Waals surface area contributed by atoms with Crippen LogP contribution in [0.25, 0.3) is 0 Å². The van der Waals surface area contributed by atoms with Gasteiger partial charge in [0.25, 0.3) is 0 Å². The van der Waals surface area contributed by atoms with Gasteiger partial charge in [-0.3, -0.25) is 0 Å².